The van der Waals surface area contributed by atoms with Gasteiger partial charge in [-0.25, -0.2) is 4.98 Å². The molecule has 0 aliphatic carbocycles. The van der Waals surface area contributed by atoms with Crippen molar-refractivity contribution < 1.29 is 22.4 Å². The maximum Gasteiger partial charge on any atom is 0.673 e. The normalized spacial score (nSPS) is 13.0. The van der Waals surface area contributed by atoms with Crippen LogP contribution in [0, 0.1) is 0 Å². The summed E-state index contributed by atoms with van der Waals surface area (Å²) in [5.41, 5.74) is 0. The monoisotopic (exact) mass is 213 g/mol. The third-order valence-corrected chi connectivity index (χ3v) is 1.30. The number of aromatic nitrogens is 2. The van der Waals surface area contributed by atoms with E-state index in [1.54, 1.807) is 12.5 Å². The van der Waals surface area contributed by atoms with Gasteiger partial charge in [0, 0.05) is 12.4 Å². The van der Waals surface area contributed by atoms with Crippen LogP contribution in [0.5, 0.6) is 0 Å². The predicted octanol–water partition coefficient (Wildman–Crippen LogP) is 1.74. The molecule has 3 nitrogen and oxygen atoms in total. The van der Waals surface area contributed by atoms with Gasteiger partial charge in [0.1, 0.15) is 0 Å². The average Bonchev–Trinajstić information content (AvgIpc) is 2.51. The van der Waals surface area contributed by atoms with Crippen LogP contribution in [0.15, 0.2) is 18.7 Å². The zero-order chi connectivity index (χ0) is 11.2. The minimum absolute atomic E-state index is 0.146. The van der Waals surface area contributed by atoms with Gasteiger partial charge in [-0.2, -0.15) is 0 Å². The van der Waals surface area contributed by atoms with Crippen LogP contribution in [0.25, 0.3) is 0 Å². The Labute approximate surface area is 78.5 Å². The zero-order valence-electron chi connectivity index (χ0n) is 7.45. The Morgan fingerprint density at radius 2 is 1.93 bits per heavy atom. The number of halogens is 4. The van der Waals surface area contributed by atoms with Gasteiger partial charge in [-0.15, -0.1) is 0 Å². The molecule has 0 amide bonds. The molecule has 1 heterocycles. The Morgan fingerprint density at radius 3 is 2.21 bits per heavy atom. The zero-order valence-corrected chi connectivity index (χ0v) is 7.45. The molecule has 0 bridgehead atoms. The minimum Gasteiger partial charge on any atom is -0.418 e. The Morgan fingerprint density at radius 1 is 1.43 bits per heavy atom. The fourth-order valence-electron chi connectivity index (χ4n) is 0.624. The quantitative estimate of drug-likeness (QED) is 0.600. The van der Waals surface area contributed by atoms with Crippen LogP contribution in [0.4, 0.5) is 17.3 Å². The summed E-state index contributed by atoms with van der Waals surface area (Å²) < 4.78 is 40.9. The third kappa shape index (κ3) is 7.60. The number of rotatable bonds is 2. The van der Waals surface area contributed by atoms with Crippen LogP contribution in [-0.4, -0.2) is 28.5 Å². The minimum atomic E-state index is -6.00. The van der Waals surface area contributed by atoms with Crippen molar-refractivity contribution in [2.45, 2.75) is 13.0 Å². The van der Waals surface area contributed by atoms with E-state index >= 15 is 0 Å². The van der Waals surface area contributed by atoms with Crippen molar-refractivity contribution >= 4 is 7.25 Å². The highest BCUT2D eigenvalue weighted by molar-refractivity contribution is 6.50. The fourth-order valence-corrected chi connectivity index (χ4v) is 0.624. The summed E-state index contributed by atoms with van der Waals surface area (Å²) in [7, 11) is -6.00. The van der Waals surface area contributed by atoms with E-state index < -0.39 is 7.25 Å². The summed E-state index contributed by atoms with van der Waals surface area (Å²) in [5, 5.41) is 8.66. The number of aliphatic hydroxyl groups is 1. The molecule has 0 aromatic carbocycles. The number of aliphatic hydroxyl groups excluding tert-OH is 1. The second-order valence-corrected chi connectivity index (χ2v) is 2.54. The van der Waals surface area contributed by atoms with E-state index in [1.807, 2.05) is 17.7 Å². The SMILES string of the molecule is CC(CO)n1ccnc1.F[B-](F)(F)F. The van der Waals surface area contributed by atoms with Crippen LogP contribution >= 0.6 is 0 Å². The molecule has 1 aromatic heterocycles. The van der Waals surface area contributed by atoms with Crippen LogP contribution in [0.1, 0.15) is 13.0 Å². The average molecular weight is 213 g/mol. The second-order valence-electron chi connectivity index (χ2n) is 2.54. The van der Waals surface area contributed by atoms with E-state index in [0.29, 0.717) is 0 Å². The maximum absolute atomic E-state index is 9.75. The van der Waals surface area contributed by atoms with E-state index in [4.69, 9.17) is 5.11 Å². The molecule has 8 heteroatoms. The van der Waals surface area contributed by atoms with Gasteiger partial charge >= 0.3 is 7.25 Å². The lowest BCUT2D eigenvalue weighted by atomic mass is 10.3. The summed E-state index contributed by atoms with van der Waals surface area (Å²) in [6.45, 7) is 2.10. The van der Waals surface area contributed by atoms with E-state index in [2.05, 4.69) is 4.98 Å². The topological polar surface area (TPSA) is 38.0 Å². The Bertz CT molecular complexity index is 232. The molecule has 1 rings (SSSR count). The lowest BCUT2D eigenvalue weighted by Gasteiger charge is -2.07. The van der Waals surface area contributed by atoms with Crippen molar-refractivity contribution in [3.63, 3.8) is 0 Å². The summed E-state index contributed by atoms with van der Waals surface area (Å²) >= 11 is 0. The van der Waals surface area contributed by atoms with Crippen LogP contribution < -0.4 is 0 Å². The maximum atomic E-state index is 9.75. The van der Waals surface area contributed by atoms with Crippen molar-refractivity contribution in [3.05, 3.63) is 18.7 Å². The van der Waals surface area contributed by atoms with Crippen LogP contribution in [-0.2, 0) is 0 Å². The van der Waals surface area contributed by atoms with Crippen molar-refractivity contribution in [2.75, 3.05) is 6.61 Å². The molecule has 0 saturated carbocycles. The first kappa shape index (κ1) is 13.0. The predicted molar refractivity (Wildman–Crippen MR) is 44.2 cm³/mol. The number of hydrogen-bond acceptors (Lipinski definition) is 2. The highest BCUT2D eigenvalue weighted by Gasteiger charge is 2.20. The van der Waals surface area contributed by atoms with Gasteiger partial charge in [0.2, 0.25) is 0 Å². The highest BCUT2D eigenvalue weighted by Crippen LogP contribution is 2.06. The van der Waals surface area contributed by atoms with Crippen molar-refractivity contribution in [1.29, 1.82) is 0 Å². The molecule has 0 saturated heterocycles. The van der Waals surface area contributed by atoms with Crippen molar-refractivity contribution in [3.8, 4) is 0 Å². The number of imidazole rings is 1. The Balaban J connectivity index is 0.000000292. The Kier molecular flexibility index (Phi) is 5.22. The highest BCUT2D eigenvalue weighted by atomic mass is 19.5. The largest absolute Gasteiger partial charge is 0.673 e. The van der Waals surface area contributed by atoms with Crippen LogP contribution in [0.2, 0.25) is 0 Å². The first-order valence-electron chi connectivity index (χ1n) is 3.80. The van der Waals surface area contributed by atoms with Gasteiger partial charge in [-0.3, -0.25) is 0 Å². The van der Waals surface area contributed by atoms with Gasteiger partial charge < -0.3 is 26.9 Å². The summed E-state index contributed by atoms with van der Waals surface area (Å²) in [4.78, 5) is 3.84. The third-order valence-electron chi connectivity index (χ3n) is 1.30. The molecule has 1 atom stereocenters. The molecule has 1 unspecified atom stereocenters. The molecular weight excluding hydrogens is 203 g/mol. The molecule has 0 fully saturated rings. The molecule has 0 aliphatic rings. The van der Waals surface area contributed by atoms with E-state index in [-0.39, 0.29) is 12.6 Å². The summed E-state index contributed by atoms with van der Waals surface area (Å²) in [6.07, 6.45) is 5.23. The van der Waals surface area contributed by atoms with Crippen molar-refractivity contribution in [1.82, 2.24) is 9.55 Å². The van der Waals surface area contributed by atoms with Gasteiger partial charge in [0.25, 0.3) is 0 Å². The molecular formula is C6H10BF4N2O-. The van der Waals surface area contributed by atoms with Crippen LogP contribution in [0.3, 0.4) is 0 Å². The standard InChI is InChI=1S/C6H10N2O.BF4/c1-6(4-9)8-3-2-7-5-8;2-1(3,4)5/h2-3,5-6,9H,4H2,1H3;/q;-1. The molecule has 82 valence electrons. The molecule has 1 aromatic rings. The summed E-state index contributed by atoms with van der Waals surface area (Å²) in [6, 6.07) is 0.146. The van der Waals surface area contributed by atoms with Crippen molar-refractivity contribution in [2.24, 2.45) is 0 Å². The molecule has 14 heavy (non-hydrogen) atoms. The second kappa shape index (κ2) is 5.64. The number of nitrogens with zero attached hydrogens (tertiary/aromatic N) is 2. The lowest BCUT2D eigenvalue weighted by molar-refractivity contribution is 0.238. The number of hydrogen-bond donors (Lipinski definition) is 1. The van der Waals surface area contributed by atoms with E-state index in [0.717, 1.165) is 0 Å². The fraction of sp³-hybridized carbons (Fsp3) is 0.500. The molecule has 0 aliphatic heterocycles. The van der Waals surface area contributed by atoms with E-state index in [1.165, 1.54) is 0 Å². The molecule has 1 N–H and O–H groups in total. The molecule has 0 spiro atoms. The van der Waals surface area contributed by atoms with Gasteiger partial charge in [0.15, 0.2) is 0 Å². The first-order chi connectivity index (χ1) is 6.34. The van der Waals surface area contributed by atoms with E-state index in [9.17, 15) is 17.3 Å². The smallest absolute Gasteiger partial charge is 0.418 e. The van der Waals surface area contributed by atoms with Gasteiger partial charge in [-0.1, -0.05) is 0 Å². The lowest BCUT2D eigenvalue weighted by Crippen LogP contribution is -2.06. The summed E-state index contributed by atoms with van der Waals surface area (Å²) in [5.74, 6) is 0. The van der Waals surface area contributed by atoms with Gasteiger partial charge in [0.05, 0.1) is 19.0 Å². The first-order valence-corrected chi connectivity index (χ1v) is 3.80. The Hall–Kier alpha value is -1.05. The van der Waals surface area contributed by atoms with Gasteiger partial charge in [-0.05, 0) is 6.92 Å². The molecule has 0 radical (unpaired) electrons.